The van der Waals surface area contributed by atoms with Gasteiger partial charge in [0.1, 0.15) is 5.75 Å². The summed E-state index contributed by atoms with van der Waals surface area (Å²) in [6, 6.07) is 30.6. The van der Waals surface area contributed by atoms with Gasteiger partial charge in [-0.15, -0.1) is 0 Å². The van der Waals surface area contributed by atoms with E-state index in [2.05, 4.69) is 124 Å². The first-order valence-corrected chi connectivity index (χ1v) is 14.5. The zero-order valence-corrected chi connectivity index (χ0v) is 22.2. The van der Waals surface area contributed by atoms with Gasteiger partial charge in [-0.25, -0.2) is 0 Å². The van der Waals surface area contributed by atoms with E-state index in [1.54, 1.807) is 0 Å². The highest BCUT2D eigenvalue weighted by Crippen LogP contribution is 2.38. The number of unbranched alkanes of at least 4 members (excludes halogenated alkanes) is 2. The Kier molecular flexibility index (Phi) is 8.79. The second-order valence-corrected chi connectivity index (χ2v) is 14.2. The molecule has 0 atom stereocenters. The van der Waals surface area contributed by atoms with Crippen molar-refractivity contribution in [2.24, 2.45) is 0 Å². The Bertz CT molecular complexity index is 918. The van der Waals surface area contributed by atoms with Gasteiger partial charge in [0.05, 0.1) is 0 Å². The molecule has 0 spiro atoms. The molecule has 3 heteroatoms. The van der Waals surface area contributed by atoms with Crippen molar-refractivity contribution in [3.63, 3.8) is 0 Å². The van der Waals surface area contributed by atoms with Crippen LogP contribution in [0.3, 0.4) is 0 Å². The summed E-state index contributed by atoms with van der Waals surface area (Å²) in [6.07, 6.45) is 4.84. The van der Waals surface area contributed by atoms with Crippen molar-refractivity contribution < 1.29 is 4.43 Å². The van der Waals surface area contributed by atoms with E-state index >= 15 is 0 Å². The summed E-state index contributed by atoms with van der Waals surface area (Å²) in [5.41, 5.74) is 1.27. The average Bonchev–Trinajstić information content (AvgIpc) is 2.83. The van der Waals surface area contributed by atoms with Gasteiger partial charge in [-0.1, -0.05) is 114 Å². The normalized spacial score (nSPS) is 11.9. The van der Waals surface area contributed by atoms with Crippen molar-refractivity contribution in [1.82, 2.24) is 0 Å². The standard InChI is InChI=1S/C30H41NOSi/c1-6-8-23-31(24-9-7-2)26-17-16-18-27(25-26)32-33(30(3,4)5,28-19-12-10-13-20-28)29-21-14-11-15-22-29/h10-22,25H,6-9,23-24H2,1-5H3. The predicted octanol–water partition coefficient (Wildman–Crippen LogP) is 7.03. The SMILES string of the molecule is CCCCN(CCCC)c1cccc(O[Si](c2ccccc2)(c2ccccc2)C(C)(C)C)c1. The molecule has 176 valence electrons. The molecule has 0 aromatic heterocycles. The highest BCUT2D eigenvalue weighted by molar-refractivity contribution is 7.00. The number of benzene rings is 3. The fourth-order valence-electron chi connectivity index (χ4n) is 4.64. The second-order valence-electron chi connectivity index (χ2n) is 9.96. The molecule has 3 aromatic carbocycles. The minimum absolute atomic E-state index is 0.0458. The van der Waals surface area contributed by atoms with Gasteiger partial charge >= 0.3 is 8.32 Å². The summed E-state index contributed by atoms with van der Waals surface area (Å²) >= 11 is 0. The van der Waals surface area contributed by atoms with Gasteiger partial charge in [-0.2, -0.15) is 0 Å². The molecule has 2 nitrogen and oxygen atoms in total. The van der Waals surface area contributed by atoms with E-state index in [4.69, 9.17) is 4.43 Å². The molecule has 3 aromatic rings. The van der Waals surface area contributed by atoms with Crippen molar-refractivity contribution in [3.05, 3.63) is 84.9 Å². The van der Waals surface area contributed by atoms with Crippen LogP contribution in [0, 0.1) is 0 Å². The monoisotopic (exact) mass is 459 g/mol. The third-order valence-corrected chi connectivity index (χ3v) is 11.4. The summed E-state index contributed by atoms with van der Waals surface area (Å²) in [7, 11) is -2.62. The summed E-state index contributed by atoms with van der Waals surface area (Å²) in [5, 5.41) is 2.57. The van der Waals surface area contributed by atoms with Crippen LogP contribution in [0.4, 0.5) is 5.69 Å². The van der Waals surface area contributed by atoms with Gasteiger partial charge in [0.15, 0.2) is 0 Å². The largest absolute Gasteiger partial charge is 0.534 e. The Morgan fingerprint density at radius 1 is 0.697 bits per heavy atom. The van der Waals surface area contributed by atoms with Crippen LogP contribution in [0.1, 0.15) is 60.3 Å². The Morgan fingerprint density at radius 3 is 1.67 bits per heavy atom. The lowest BCUT2D eigenvalue weighted by molar-refractivity contribution is 0.508. The van der Waals surface area contributed by atoms with E-state index in [0.717, 1.165) is 18.8 Å². The van der Waals surface area contributed by atoms with Crippen molar-refractivity contribution in [3.8, 4) is 5.75 Å². The van der Waals surface area contributed by atoms with Gasteiger partial charge in [-0.3, -0.25) is 0 Å². The average molecular weight is 460 g/mol. The van der Waals surface area contributed by atoms with Crippen LogP contribution in [0.5, 0.6) is 5.75 Å². The second kappa shape index (κ2) is 11.6. The first-order valence-electron chi connectivity index (χ1n) is 12.6. The molecule has 3 rings (SSSR count). The van der Waals surface area contributed by atoms with E-state index < -0.39 is 8.32 Å². The van der Waals surface area contributed by atoms with E-state index in [9.17, 15) is 0 Å². The topological polar surface area (TPSA) is 12.5 Å². The molecule has 0 N–H and O–H groups in total. The molecule has 0 unspecified atom stereocenters. The summed E-state index contributed by atoms with van der Waals surface area (Å²) in [5.74, 6) is 0.972. The van der Waals surface area contributed by atoms with Gasteiger partial charge in [0.25, 0.3) is 0 Å². The number of hydrogen-bond donors (Lipinski definition) is 0. The first kappa shape index (κ1) is 25.1. The van der Waals surface area contributed by atoms with Crippen LogP contribution >= 0.6 is 0 Å². The molecular formula is C30H41NOSi. The third-order valence-electron chi connectivity index (χ3n) is 6.43. The van der Waals surface area contributed by atoms with Gasteiger partial charge < -0.3 is 9.33 Å². The fraction of sp³-hybridized carbons (Fsp3) is 0.400. The maximum Gasteiger partial charge on any atom is 0.319 e. The lowest BCUT2D eigenvalue weighted by Crippen LogP contribution is -2.68. The van der Waals surface area contributed by atoms with E-state index in [0.29, 0.717) is 0 Å². The number of rotatable bonds is 11. The lowest BCUT2D eigenvalue weighted by Gasteiger charge is -2.43. The molecule has 0 saturated carbocycles. The maximum atomic E-state index is 7.25. The van der Waals surface area contributed by atoms with Crippen LogP contribution in [-0.2, 0) is 0 Å². The quantitative estimate of drug-likeness (QED) is 0.285. The van der Waals surface area contributed by atoms with Crippen LogP contribution < -0.4 is 19.7 Å². The highest BCUT2D eigenvalue weighted by atomic mass is 28.4. The molecular weight excluding hydrogens is 418 g/mol. The molecule has 0 aliphatic rings. The maximum absolute atomic E-state index is 7.25. The summed E-state index contributed by atoms with van der Waals surface area (Å²) in [6.45, 7) is 13.7. The Hall–Kier alpha value is -2.52. The molecule has 0 heterocycles. The molecule has 0 bridgehead atoms. The van der Waals surface area contributed by atoms with Crippen LogP contribution in [0.25, 0.3) is 0 Å². The third kappa shape index (κ3) is 5.89. The van der Waals surface area contributed by atoms with Crippen LogP contribution in [0.2, 0.25) is 5.04 Å². The number of anilines is 1. The molecule has 0 aliphatic carbocycles. The van der Waals surface area contributed by atoms with Crippen molar-refractivity contribution in [1.29, 1.82) is 0 Å². The summed E-state index contributed by atoms with van der Waals surface area (Å²) in [4.78, 5) is 2.53. The Morgan fingerprint density at radius 2 is 1.21 bits per heavy atom. The van der Waals surface area contributed by atoms with Crippen LogP contribution in [-0.4, -0.2) is 21.4 Å². The minimum Gasteiger partial charge on any atom is -0.534 e. The van der Waals surface area contributed by atoms with Crippen molar-refractivity contribution in [2.75, 3.05) is 18.0 Å². The molecule has 0 amide bonds. The lowest BCUT2D eigenvalue weighted by atomic mass is 10.2. The number of nitrogens with zero attached hydrogens (tertiary/aromatic N) is 1. The first-order chi connectivity index (χ1) is 15.9. The number of hydrogen-bond acceptors (Lipinski definition) is 2. The fourth-order valence-corrected chi connectivity index (χ4v) is 9.05. The minimum atomic E-state index is -2.62. The van der Waals surface area contributed by atoms with Gasteiger partial charge in [0, 0.05) is 24.8 Å². The Balaban J connectivity index is 2.08. The zero-order chi connectivity index (χ0) is 23.7. The van der Waals surface area contributed by atoms with Gasteiger partial charge in [-0.05, 0) is 40.4 Å². The van der Waals surface area contributed by atoms with E-state index in [-0.39, 0.29) is 5.04 Å². The summed E-state index contributed by atoms with van der Waals surface area (Å²) < 4.78 is 7.25. The molecule has 0 aliphatic heterocycles. The molecule has 0 radical (unpaired) electrons. The van der Waals surface area contributed by atoms with Crippen molar-refractivity contribution >= 4 is 24.4 Å². The van der Waals surface area contributed by atoms with Crippen molar-refractivity contribution in [2.45, 2.75) is 65.3 Å². The van der Waals surface area contributed by atoms with E-state index in [1.165, 1.54) is 41.7 Å². The van der Waals surface area contributed by atoms with Gasteiger partial charge in [0.2, 0.25) is 0 Å². The van der Waals surface area contributed by atoms with E-state index in [1.807, 2.05) is 0 Å². The zero-order valence-electron chi connectivity index (χ0n) is 21.2. The Labute approximate surface area is 202 Å². The predicted molar refractivity (Wildman–Crippen MR) is 147 cm³/mol. The molecule has 33 heavy (non-hydrogen) atoms. The molecule has 0 fully saturated rings. The molecule has 0 saturated heterocycles. The van der Waals surface area contributed by atoms with Crippen LogP contribution in [0.15, 0.2) is 84.9 Å². The smallest absolute Gasteiger partial charge is 0.319 e. The highest BCUT2D eigenvalue weighted by Gasteiger charge is 2.52.